The zero-order valence-electron chi connectivity index (χ0n) is 9.56. The Morgan fingerprint density at radius 1 is 1.19 bits per heavy atom. The van der Waals surface area contributed by atoms with Crippen LogP contribution in [0.3, 0.4) is 0 Å². The molecule has 0 spiro atoms. The average Bonchev–Trinajstić information content (AvgIpc) is 2.33. The minimum absolute atomic E-state index is 0.484. The summed E-state index contributed by atoms with van der Waals surface area (Å²) in [7, 11) is 0. The van der Waals surface area contributed by atoms with Crippen LogP contribution in [0.2, 0.25) is 0 Å². The minimum Gasteiger partial charge on any atom is -0.296 e. The topological polar surface area (TPSA) is 20.3 Å². The summed E-state index contributed by atoms with van der Waals surface area (Å²) in [6.07, 6.45) is 5.57. The van der Waals surface area contributed by atoms with Gasteiger partial charge in [0.05, 0.1) is 6.54 Å². The lowest BCUT2D eigenvalue weighted by Crippen LogP contribution is -2.35. The molecule has 0 unspecified atom stereocenters. The highest BCUT2D eigenvalue weighted by molar-refractivity contribution is 5.53. The van der Waals surface area contributed by atoms with Crippen LogP contribution < -0.4 is 0 Å². The van der Waals surface area contributed by atoms with E-state index in [0.717, 1.165) is 19.0 Å². The molecule has 0 saturated carbocycles. The quantitative estimate of drug-likeness (QED) is 0.767. The number of hydrogen-bond donors (Lipinski definition) is 0. The molecule has 1 aliphatic rings. The van der Waals surface area contributed by atoms with Gasteiger partial charge in [-0.05, 0) is 43.8 Å². The second kappa shape index (κ2) is 5.80. The molecule has 2 rings (SSSR count). The SMILES string of the molecule is O=[C]CN1CCC(Cc2ccccc2)CC1. The molecule has 1 aromatic carbocycles. The Labute approximate surface area is 97.3 Å². The fourth-order valence-electron chi connectivity index (χ4n) is 2.39. The van der Waals surface area contributed by atoms with Crippen LogP contribution in [0.25, 0.3) is 0 Å². The van der Waals surface area contributed by atoms with Gasteiger partial charge in [0.25, 0.3) is 0 Å². The third-order valence-corrected chi connectivity index (χ3v) is 3.36. The third kappa shape index (κ3) is 3.17. The molecule has 0 amide bonds. The third-order valence-electron chi connectivity index (χ3n) is 3.36. The molecular formula is C14H18NO. The molecular weight excluding hydrogens is 198 g/mol. The highest BCUT2D eigenvalue weighted by Gasteiger charge is 2.18. The van der Waals surface area contributed by atoms with Crippen molar-refractivity contribution in [1.29, 1.82) is 0 Å². The van der Waals surface area contributed by atoms with Crippen molar-refractivity contribution in [2.45, 2.75) is 19.3 Å². The summed E-state index contributed by atoms with van der Waals surface area (Å²) in [4.78, 5) is 12.5. The first-order chi connectivity index (χ1) is 7.88. The normalized spacial score (nSPS) is 18.5. The van der Waals surface area contributed by atoms with Crippen molar-refractivity contribution in [1.82, 2.24) is 4.90 Å². The number of likely N-dealkylation sites (tertiary alicyclic amines) is 1. The predicted octanol–water partition coefficient (Wildman–Crippen LogP) is 2.05. The summed E-state index contributed by atoms with van der Waals surface area (Å²) < 4.78 is 0. The van der Waals surface area contributed by atoms with E-state index in [1.54, 1.807) is 0 Å². The van der Waals surface area contributed by atoms with Crippen LogP contribution in [0.5, 0.6) is 0 Å². The van der Waals surface area contributed by atoms with Crippen molar-refractivity contribution < 1.29 is 4.79 Å². The van der Waals surface area contributed by atoms with Gasteiger partial charge >= 0.3 is 0 Å². The van der Waals surface area contributed by atoms with E-state index in [0.29, 0.717) is 6.54 Å². The second-order valence-corrected chi connectivity index (χ2v) is 4.55. The van der Waals surface area contributed by atoms with Gasteiger partial charge in [-0.25, -0.2) is 0 Å². The Bertz CT molecular complexity index is 315. The van der Waals surface area contributed by atoms with E-state index in [9.17, 15) is 4.79 Å². The number of piperidine rings is 1. The number of rotatable bonds is 4. The van der Waals surface area contributed by atoms with Crippen LogP contribution in [-0.4, -0.2) is 30.8 Å². The standard InChI is InChI=1S/C14H18NO/c16-11-10-15-8-6-14(7-9-15)12-13-4-2-1-3-5-13/h1-5,14H,6-10,12H2. The summed E-state index contributed by atoms with van der Waals surface area (Å²) >= 11 is 0. The summed E-state index contributed by atoms with van der Waals surface area (Å²) in [6.45, 7) is 2.58. The van der Waals surface area contributed by atoms with E-state index in [4.69, 9.17) is 0 Å². The first kappa shape index (κ1) is 11.3. The van der Waals surface area contributed by atoms with Crippen molar-refractivity contribution >= 4 is 6.29 Å². The van der Waals surface area contributed by atoms with Gasteiger partial charge in [0.15, 0.2) is 0 Å². The van der Waals surface area contributed by atoms with Crippen LogP contribution in [0.4, 0.5) is 0 Å². The maximum atomic E-state index is 10.3. The fraction of sp³-hybridized carbons (Fsp3) is 0.500. The molecule has 85 valence electrons. The Morgan fingerprint density at radius 2 is 1.88 bits per heavy atom. The smallest absolute Gasteiger partial charge is 0.213 e. The summed E-state index contributed by atoms with van der Waals surface area (Å²) in [6, 6.07) is 10.7. The molecule has 0 N–H and O–H groups in total. The lowest BCUT2D eigenvalue weighted by Gasteiger charge is -2.30. The molecule has 1 fully saturated rings. The molecule has 2 heteroatoms. The average molecular weight is 216 g/mol. The second-order valence-electron chi connectivity index (χ2n) is 4.55. The Kier molecular flexibility index (Phi) is 4.11. The molecule has 1 aromatic rings. The minimum atomic E-state index is 0.484. The van der Waals surface area contributed by atoms with Crippen LogP contribution in [0, 0.1) is 5.92 Å². The molecule has 0 aliphatic carbocycles. The molecule has 0 aromatic heterocycles. The first-order valence-electron chi connectivity index (χ1n) is 6.00. The van der Waals surface area contributed by atoms with Crippen LogP contribution in [-0.2, 0) is 11.2 Å². The molecule has 2 nitrogen and oxygen atoms in total. The van der Waals surface area contributed by atoms with Gasteiger partial charge in [-0.1, -0.05) is 30.3 Å². The highest BCUT2D eigenvalue weighted by Crippen LogP contribution is 2.21. The van der Waals surface area contributed by atoms with Crippen molar-refractivity contribution in [3.63, 3.8) is 0 Å². The zero-order chi connectivity index (χ0) is 11.2. The Morgan fingerprint density at radius 3 is 2.50 bits per heavy atom. The number of nitrogens with zero attached hydrogens (tertiary/aromatic N) is 1. The number of hydrogen-bond acceptors (Lipinski definition) is 2. The van der Waals surface area contributed by atoms with Gasteiger partial charge in [0, 0.05) is 0 Å². The number of carbonyl (C=O) groups excluding carboxylic acids is 1. The predicted molar refractivity (Wildman–Crippen MR) is 65.0 cm³/mol. The van der Waals surface area contributed by atoms with Crippen molar-refractivity contribution in [3.05, 3.63) is 35.9 Å². The van der Waals surface area contributed by atoms with E-state index < -0.39 is 0 Å². The molecule has 0 bridgehead atoms. The van der Waals surface area contributed by atoms with Gasteiger partial charge in [0.1, 0.15) is 0 Å². The van der Waals surface area contributed by atoms with Gasteiger partial charge in [0.2, 0.25) is 6.29 Å². The van der Waals surface area contributed by atoms with Crippen molar-refractivity contribution in [2.24, 2.45) is 5.92 Å². The molecule has 1 aliphatic heterocycles. The van der Waals surface area contributed by atoms with E-state index in [-0.39, 0.29) is 0 Å². The van der Waals surface area contributed by atoms with Crippen LogP contribution >= 0.6 is 0 Å². The highest BCUT2D eigenvalue weighted by atomic mass is 16.1. The van der Waals surface area contributed by atoms with Gasteiger partial charge in [-0.15, -0.1) is 0 Å². The lowest BCUT2D eigenvalue weighted by atomic mass is 9.90. The largest absolute Gasteiger partial charge is 0.296 e. The summed E-state index contributed by atoms with van der Waals surface area (Å²) in [5.41, 5.74) is 1.43. The maximum absolute atomic E-state index is 10.3. The van der Waals surface area contributed by atoms with E-state index in [2.05, 4.69) is 35.2 Å². The lowest BCUT2D eigenvalue weighted by molar-refractivity contribution is 0.204. The summed E-state index contributed by atoms with van der Waals surface area (Å²) in [5, 5.41) is 0. The molecule has 0 atom stereocenters. The van der Waals surface area contributed by atoms with Gasteiger partial charge in [-0.2, -0.15) is 0 Å². The van der Waals surface area contributed by atoms with Crippen molar-refractivity contribution in [3.8, 4) is 0 Å². The van der Waals surface area contributed by atoms with Crippen molar-refractivity contribution in [2.75, 3.05) is 19.6 Å². The van der Waals surface area contributed by atoms with Gasteiger partial charge < -0.3 is 0 Å². The first-order valence-corrected chi connectivity index (χ1v) is 6.00. The van der Waals surface area contributed by atoms with E-state index in [1.165, 1.54) is 24.8 Å². The van der Waals surface area contributed by atoms with Gasteiger partial charge in [-0.3, -0.25) is 9.69 Å². The van der Waals surface area contributed by atoms with E-state index >= 15 is 0 Å². The molecule has 1 saturated heterocycles. The molecule has 1 radical (unpaired) electrons. The fourth-order valence-corrected chi connectivity index (χ4v) is 2.39. The van der Waals surface area contributed by atoms with E-state index in [1.807, 2.05) is 6.29 Å². The maximum Gasteiger partial charge on any atom is 0.213 e. The molecule has 16 heavy (non-hydrogen) atoms. The van der Waals surface area contributed by atoms with Crippen LogP contribution in [0.1, 0.15) is 18.4 Å². The summed E-state index contributed by atoms with van der Waals surface area (Å²) in [5.74, 6) is 0.783. The monoisotopic (exact) mass is 216 g/mol. The zero-order valence-corrected chi connectivity index (χ0v) is 9.56. The Balaban J connectivity index is 1.79. The Hall–Kier alpha value is -1.15. The number of benzene rings is 1. The molecule has 1 heterocycles. The van der Waals surface area contributed by atoms with Crippen LogP contribution in [0.15, 0.2) is 30.3 Å².